The fourth-order valence-corrected chi connectivity index (χ4v) is 15.4. The van der Waals surface area contributed by atoms with Crippen LogP contribution in [0.4, 0.5) is 0 Å². The first-order chi connectivity index (χ1) is 58.4. The highest BCUT2D eigenvalue weighted by atomic mass is 14.8. The highest BCUT2D eigenvalue weighted by Crippen LogP contribution is 2.41. The third-order valence-electron chi connectivity index (χ3n) is 21.6. The maximum atomic E-state index is 5.16. The molecule has 0 aliphatic heterocycles. The Hall–Kier alpha value is -16.2. The molecule has 21 rings (SSSR count). The van der Waals surface area contributed by atoms with Crippen molar-refractivity contribution >= 4 is 43.6 Å². The van der Waals surface area contributed by atoms with Gasteiger partial charge in [-0.25, -0.2) is 4.98 Å². The number of hydrogen-bond donors (Lipinski definition) is 0. The van der Waals surface area contributed by atoms with Crippen molar-refractivity contribution in [3.05, 3.63) is 414 Å². The third kappa shape index (κ3) is 14.7. The summed E-state index contributed by atoms with van der Waals surface area (Å²) in [6.45, 7) is 0. The summed E-state index contributed by atoms with van der Waals surface area (Å²) in [6.07, 6.45) is 20.4. The first kappa shape index (κ1) is 70.9. The molecule has 12 heteroatoms. The van der Waals surface area contributed by atoms with Gasteiger partial charge in [0, 0.05) is 118 Å². The molecule has 12 heterocycles. The summed E-state index contributed by atoms with van der Waals surface area (Å²) in [4.78, 5) is 56.3. The Kier molecular flexibility index (Phi) is 19.1. The number of benzene rings is 9. The van der Waals surface area contributed by atoms with Crippen LogP contribution in [-0.2, 0) is 0 Å². The largest absolute Gasteiger partial charge is 0.255 e. The maximum Gasteiger partial charge on any atom is 0.0978 e. The zero-order valence-electron chi connectivity index (χ0n) is 63.6. The van der Waals surface area contributed by atoms with Gasteiger partial charge in [-0.2, -0.15) is 0 Å². The van der Waals surface area contributed by atoms with Crippen LogP contribution in [0.3, 0.4) is 0 Å². The van der Waals surface area contributed by atoms with E-state index in [0.717, 1.165) is 212 Å². The molecule has 118 heavy (non-hydrogen) atoms. The van der Waals surface area contributed by atoms with Crippen molar-refractivity contribution in [2.45, 2.75) is 0 Å². The van der Waals surface area contributed by atoms with Crippen molar-refractivity contribution in [2.24, 2.45) is 0 Å². The lowest BCUT2D eigenvalue weighted by atomic mass is 9.92. The van der Waals surface area contributed by atoms with E-state index < -0.39 is 0 Å². The number of nitrogens with zero attached hydrogens (tertiary/aromatic N) is 12. The van der Waals surface area contributed by atoms with Gasteiger partial charge in [-0.05, 0) is 222 Å². The Morgan fingerprint density at radius 1 is 0.136 bits per heavy atom. The van der Waals surface area contributed by atoms with E-state index in [2.05, 4.69) is 255 Å². The average molecular weight is 1510 g/mol. The van der Waals surface area contributed by atoms with Crippen LogP contribution in [-0.4, -0.2) is 59.8 Å². The smallest absolute Gasteiger partial charge is 0.0978 e. The summed E-state index contributed by atoms with van der Waals surface area (Å²) in [5.41, 5.74) is 34.3. The second-order valence-electron chi connectivity index (χ2n) is 28.8. The number of rotatable bonds is 15. The Labute approximate surface area is 681 Å². The van der Waals surface area contributed by atoms with Crippen molar-refractivity contribution < 1.29 is 0 Å². The zero-order chi connectivity index (χ0) is 78.5. The molecule has 0 aliphatic rings. The quantitative estimate of drug-likeness (QED) is 0.0897. The summed E-state index contributed by atoms with van der Waals surface area (Å²) in [5, 5.41) is 4.34. The van der Waals surface area contributed by atoms with Crippen LogP contribution in [0.15, 0.2) is 414 Å². The number of pyridine rings is 12. The Morgan fingerprint density at radius 3 is 0.788 bits per heavy atom. The summed E-state index contributed by atoms with van der Waals surface area (Å²) < 4.78 is 0. The highest BCUT2D eigenvalue weighted by Gasteiger charge is 2.18. The van der Waals surface area contributed by atoms with Gasteiger partial charge >= 0.3 is 0 Å². The van der Waals surface area contributed by atoms with Crippen LogP contribution in [0.1, 0.15) is 0 Å². The van der Waals surface area contributed by atoms with Crippen molar-refractivity contribution in [3.8, 4) is 168 Å². The van der Waals surface area contributed by atoms with E-state index >= 15 is 0 Å². The van der Waals surface area contributed by atoms with E-state index in [0.29, 0.717) is 0 Å². The Morgan fingerprint density at radius 2 is 0.432 bits per heavy atom. The van der Waals surface area contributed by atoms with Gasteiger partial charge in [0.25, 0.3) is 0 Å². The Bertz CT molecular complexity index is 6970. The number of aromatic nitrogens is 12. The van der Waals surface area contributed by atoms with Gasteiger partial charge < -0.3 is 0 Å². The zero-order valence-corrected chi connectivity index (χ0v) is 63.6. The minimum Gasteiger partial charge on any atom is -0.255 e. The first-order valence-electron chi connectivity index (χ1n) is 39.0. The molecule has 0 radical (unpaired) electrons. The van der Waals surface area contributed by atoms with Gasteiger partial charge in [0.15, 0.2) is 0 Å². The van der Waals surface area contributed by atoms with E-state index in [1.165, 1.54) is 0 Å². The van der Waals surface area contributed by atoms with Crippen LogP contribution in [0.2, 0.25) is 0 Å². The third-order valence-corrected chi connectivity index (χ3v) is 21.6. The second-order valence-corrected chi connectivity index (χ2v) is 28.8. The molecule has 0 unspecified atom stereocenters. The fourth-order valence-electron chi connectivity index (χ4n) is 15.4. The van der Waals surface area contributed by atoms with Gasteiger partial charge in [0.2, 0.25) is 0 Å². The average Bonchev–Trinajstić information content (AvgIpc) is 0.763. The standard InChI is InChI=1S/C56H36N6.C50H32N6/c1-2-9-41(10-3-1)54-34-49(48-25-22-42-11-8-30-59-55(42)56(48)62-54)40-20-18-38(19-21-40)37-14-16-39(17-15-37)45-31-46(43-23-26-52(60-35-43)50-12-4-6-28-57-50)33-47(32-45)44-24-27-53(61-36-44)51-13-5-7-29-58-51;1-3-24-51-45(7-1)47-21-18-38(31-55-47)41-28-40(29-42(30-41)39-19-22-48(56-32-39)46-8-2-4-25-52-46)35-11-9-33(10-12-35)34-13-15-36(16-14-34)43-23-27-54-50-44(43)20-17-37-6-5-26-53-49(37)50/h1-36H;1-32H. The molecular weight excluding hydrogens is 1440 g/mol. The van der Waals surface area contributed by atoms with E-state index in [1.54, 1.807) is 24.8 Å². The van der Waals surface area contributed by atoms with Crippen molar-refractivity contribution in [2.75, 3.05) is 0 Å². The molecule has 0 bridgehead atoms. The van der Waals surface area contributed by atoms with Crippen LogP contribution in [0.5, 0.6) is 0 Å². The minimum atomic E-state index is 0.834. The molecule has 12 nitrogen and oxygen atoms in total. The van der Waals surface area contributed by atoms with Gasteiger partial charge in [-0.15, -0.1) is 0 Å². The predicted octanol–water partition coefficient (Wildman–Crippen LogP) is 25.7. The van der Waals surface area contributed by atoms with Gasteiger partial charge in [-0.1, -0.05) is 212 Å². The molecule has 0 amide bonds. The van der Waals surface area contributed by atoms with Crippen LogP contribution < -0.4 is 0 Å². The lowest BCUT2D eigenvalue weighted by Crippen LogP contribution is -1.92. The summed E-state index contributed by atoms with van der Waals surface area (Å²) >= 11 is 0. The van der Waals surface area contributed by atoms with E-state index in [-0.39, 0.29) is 0 Å². The lowest BCUT2D eigenvalue weighted by Gasteiger charge is -2.13. The van der Waals surface area contributed by atoms with Crippen molar-refractivity contribution in [1.82, 2.24) is 59.8 Å². The van der Waals surface area contributed by atoms with Gasteiger partial charge in [0.1, 0.15) is 0 Å². The molecule has 0 spiro atoms. The van der Waals surface area contributed by atoms with E-state index in [9.17, 15) is 0 Å². The molecule has 0 atom stereocenters. The van der Waals surface area contributed by atoms with Crippen molar-refractivity contribution in [1.29, 1.82) is 0 Å². The summed E-state index contributed by atoms with van der Waals surface area (Å²) in [6, 6.07) is 120. The van der Waals surface area contributed by atoms with E-state index in [1.807, 2.05) is 159 Å². The molecular formula is C106H68N12. The Balaban J connectivity index is 0.000000152. The molecule has 0 saturated carbocycles. The normalized spacial score (nSPS) is 11.2. The number of fused-ring (bicyclic) bond motifs is 6. The predicted molar refractivity (Wildman–Crippen MR) is 478 cm³/mol. The monoisotopic (exact) mass is 1510 g/mol. The topological polar surface area (TPSA) is 155 Å². The van der Waals surface area contributed by atoms with Crippen LogP contribution >= 0.6 is 0 Å². The number of hydrogen-bond acceptors (Lipinski definition) is 12. The minimum absolute atomic E-state index is 0.834. The second kappa shape index (κ2) is 31.8. The van der Waals surface area contributed by atoms with E-state index in [4.69, 9.17) is 34.9 Å². The summed E-state index contributed by atoms with van der Waals surface area (Å²) in [5.74, 6) is 0. The summed E-state index contributed by atoms with van der Waals surface area (Å²) in [7, 11) is 0. The lowest BCUT2D eigenvalue weighted by molar-refractivity contribution is 1.25. The fraction of sp³-hybridized carbons (Fsp3) is 0. The van der Waals surface area contributed by atoms with Crippen LogP contribution in [0, 0.1) is 0 Å². The first-order valence-corrected chi connectivity index (χ1v) is 39.0. The molecule has 0 saturated heterocycles. The molecule has 9 aromatic carbocycles. The van der Waals surface area contributed by atoms with Crippen LogP contribution in [0.25, 0.3) is 212 Å². The molecule has 21 aromatic rings. The molecule has 552 valence electrons. The van der Waals surface area contributed by atoms with Gasteiger partial charge in [0.05, 0.1) is 73.3 Å². The van der Waals surface area contributed by atoms with Crippen molar-refractivity contribution in [3.63, 3.8) is 0 Å². The molecule has 0 fully saturated rings. The van der Waals surface area contributed by atoms with Gasteiger partial charge in [-0.3, -0.25) is 54.8 Å². The molecule has 0 N–H and O–H groups in total. The highest BCUT2D eigenvalue weighted by molar-refractivity contribution is 6.10. The maximum absolute atomic E-state index is 5.16. The molecule has 12 aromatic heterocycles. The molecule has 0 aliphatic carbocycles. The SMILES string of the molecule is c1ccc(-c2cc(-c3ccc(-c4ccc(-c5cc(-c6ccc(-c7ccccn7)nc6)cc(-c6ccc(-c7ccccn7)nc6)c5)cc4)cc3)c3ccc4cccnc4c3n2)cc1.c1ccc(-c2ccc(-c3cc(-c4ccc(-c5ccc(-c6ccnc7c6ccc6cccnc67)cc5)cc4)cc(-c4ccc(-c5ccccn5)nc4)c3)cn2)nc1.